The maximum atomic E-state index is 14.4. The van der Waals surface area contributed by atoms with Crippen LogP contribution in [0.1, 0.15) is 34.7 Å². The molecule has 2 heterocycles. The first-order chi connectivity index (χ1) is 14.0. The van der Waals surface area contributed by atoms with Crippen molar-refractivity contribution in [1.29, 1.82) is 0 Å². The van der Waals surface area contributed by atoms with Gasteiger partial charge in [-0.2, -0.15) is 0 Å². The van der Waals surface area contributed by atoms with Crippen LogP contribution in [0, 0.1) is 5.82 Å². The molecular formula is C22H18ClFN4O. The van der Waals surface area contributed by atoms with Crippen LogP contribution in [0.4, 0.5) is 4.39 Å². The lowest BCUT2D eigenvalue weighted by Gasteiger charge is -2.17. The fraction of sp³-hybridized carbons (Fsp3) is 0.136. The van der Waals surface area contributed by atoms with E-state index in [0.717, 1.165) is 11.0 Å². The monoisotopic (exact) mass is 408 g/mol. The van der Waals surface area contributed by atoms with Crippen LogP contribution in [0.25, 0.3) is 11.0 Å². The lowest BCUT2D eigenvalue weighted by atomic mass is 10.2. The number of carbonyl (C=O) groups excluding carboxylic acids is 1. The Hall–Kier alpha value is -3.25. The van der Waals surface area contributed by atoms with Gasteiger partial charge in [0.15, 0.2) is 0 Å². The topological polar surface area (TPSA) is 59.8 Å². The van der Waals surface area contributed by atoms with Gasteiger partial charge in [0.05, 0.1) is 23.6 Å². The molecule has 0 saturated carbocycles. The lowest BCUT2D eigenvalue weighted by Crippen LogP contribution is -2.29. The second kappa shape index (κ2) is 8.01. The molecule has 0 bridgehead atoms. The number of halogens is 2. The molecule has 29 heavy (non-hydrogen) atoms. The first-order valence-electron chi connectivity index (χ1n) is 9.13. The van der Waals surface area contributed by atoms with Gasteiger partial charge >= 0.3 is 0 Å². The van der Waals surface area contributed by atoms with Crippen molar-refractivity contribution in [3.63, 3.8) is 0 Å². The normalized spacial score (nSPS) is 12.1. The van der Waals surface area contributed by atoms with Crippen LogP contribution in [0.2, 0.25) is 5.02 Å². The summed E-state index contributed by atoms with van der Waals surface area (Å²) in [7, 11) is 0. The van der Waals surface area contributed by atoms with E-state index in [9.17, 15) is 9.18 Å². The highest BCUT2D eigenvalue weighted by molar-refractivity contribution is 6.31. The summed E-state index contributed by atoms with van der Waals surface area (Å²) in [6.07, 6.45) is 3.13. The van der Waals surface area contributed by atoms with Crippen molar-refractivity contribution < 1.29 is 9.18 Å². The summed E-state index contributed by atoms with van der Waals surface area (Å²) in [6.45, 7) is 2.05. The smallest absolute Gasteiger partial charge is 0.251 e. The number of rotatable bonds is 5. The highest BCUT2D eigenvalue weighted by Crippen LogP contribution is 2.26. The number of pyridine rings is 1. The summed E-state index contributed by atoms with van der Waals surface area (Å²) in [4.78, 5) is 21.2. The number of amides is 1. The molecule has 1 N–H and O–H groups in total. The van der Waals surface area contributed by atoms with E-state index >= 15 is 0 Å². The molecule has 7 heteroatoms. The fourth-order valence-corrected chi connectivity index (χ4v) is 3.50. The summed E-state index contributed by atoms with van der Waals surface area (Å²) in [5.74, 6) is 0.00469. The zero-order chi connectivity index (χ0) is 20.4. The summed E-state index contributed by atoms with van der Waals surface area (Å²) >= 11 is 6.24. The van der Waals surface area contributed by atoms with Gasteiger partial charge in [-0.05, 0) is 43.3 Å². The van der Waals surface area contributed by atoms with E-state index in [1.165, 1.54) is 6.07 Å². The highest BCUT2D eigenvalue weighted by atomic mass is 35.5. The Bertz CT molecular complexity index is 1160. The van der Waals surface area contributed by atoms with Crippen molar-refractivity contribution in [1.82, 2.24) is 19.9 Å². The third-order valence-corrected chi connectivity index (χ3v) is 5.09. The Labute approximate surface area is 172 Å². The molecule has 0 radical (unpaired) electrons. The predicted octanol–water partition coefficient (Wildman–Crippen LogP) is 4.76. The number of aromatic nitrogens is 3. The molecular weight excluding hydrogens is 391 g/mol. The van der Waals surface area contributed by atoms with Crippen molar-refractivity contribution in [2.45, 2.75) is 19.5 Å². The van der Waals surface area contributed by atoms with Gasteiger partial charge in [-0.1, -0.05) is 29.8 Å². The van der Waals surface area contributed by atoms with E-state index < -0.39 is 6.04 Å². The molecule has 2 aromatic heterocycles. The third-order valence-electron chi connectivity index (χ3n) is 4.74. The van der Waals surface area contributed by atoms with E-state index in [1.807, 2.05) is 35.8 Å². The summed E-state index contributed by atoms with van der Waals surface area (Å²) < 4.78 is 16.3. The highest BCUT2D eigenvalue weighted by Gasteiger charge is 2.20. The molecule has 0 aliphatic heterocycles. The van der Waals surface area contributed by atoms with Crippen molar-refractivity contribution >= 4 is 28.5 Å². The number of imidazole rings is 1. The van der Waals surface area contributed by atoms with Crippen LogP contribution in [0.5, 0.6) is 0 Å². The zero-order valence-electron chi connectivity index (χ0n) is 15.6. The first kappa shape index (κ1) is 19.1. The van der Waals surface area contributed by atoms with E-state index in [-0.39, 0.29) is 18.3 Å². The molecule has 5 nitrogen and oxygen atoms in total. The van der Waals surface area contributed by atoms with Crippen molar-refractivity contribution in [2.75, 3.05) is 0 Å². The summed E-state index contributed by atoms with van der Waals surface area (Å²) in [6, 6.07) is 15.1. The number of fused-ring (bicyclic) bond motifs is 1. The molecule has 4 aromatic rings. The number of carbonyl (C=O) groups is 1. The number of nitrogens with zero attached hydrogens (tertiary/aromatic N) is 3. The number of hydrogen-bond acceptors (Lipinski definition) is 3. The summed E-state index contributed by atoms with van der Waals surface area (Å²) in [5, 5.41) is 3.30. The Morgan fingerprint density at radius 3 is 2.66 bits per heavy atom. The number of para-hydroxylation sites is 2. The van der Waals surface area contributed by atoms with Gasteiger partial charge in [-0.25, -0.2) is 9.37 Å². The van der Waals surface area contributed by atoms with Crippen LogP contribution in [0.3, 0.4) is 0 Å². The molecule has 1 unspecified atom stereocenters. The maximum Gasteiger partial charge on any atom is 0.251 e. The van der Waals surface area contributed by atoms with Gasteiger partial charge in [-0.3, -0.25) is 9.78 Å². The molecule has 0 spiro atoms. The van der Waals surface area contributed by atoms with E-state index in [2.05, 4.69) is 15.3 Å². The fourth-order valence-electron chi connectivity index (χ4n) is 3.28. The van der Waals surface area contributed by atoms with Gasteiger partial charge in [0.1, 0.15) is 11.6 Å². The van der Waals surface area contributed by atoms with Crippen LogP contribution < -0.4 is 5.32 Å². The molecule has 1 amide bonds. The van der Waals surface area contributed by atoms with Gasteiger partial charge in [-0.15, -0.1) is 0 Å². The predicted molar refractivity (Wildman–Crippen MR) is 110 cm³/mol. The van der Waals surface area contributed by atoms with Crippen LogP contribution in [-0.2, 0) is 6.54 Å². The Balaban J connectivity index is 1.72. The Morgan fingerprint density at radius 2 is 1.90 bits per heavy atom. The molecule has 2 aromatic carbocycles. The molecule has 0 aliphatic rings. The zero-order valence-corrected chi connectivity index (χ0v) is 16.4. The van der Waals surface area contributed by atoms with Crippen molar-refractivity contribution in [3.8, 4) is 0 Å². The minimum absolute atomic E-state index is 0.205. The quantitative estimate of drug-likeness (QED) is 0.517. The van der Waals surface area contributed by atoms with Crippen LogP contribution >= 0.6 is 11.6 Å². The lowest BCUT2D eigenvalue weighted by molar-refractivity contribution is 0.0937. The van der Waals surface area contributed by atoms with Crippen molar-refractivity contribution in [2.24, 2.45) is 0 Å². The first-order valence-corrected chi connectivity index (χ1v) is 9.51. The van der Waals surface area contributed by atoms with Crippen LogP contribution in [0.15, 0.2) is 67.0 Å². The third kappa shape index (κ3) is 3.84. The number of hydrogen-bond donors (Lipinski definition) is 1. The Morgan fingerprint density at radius 1 is 1.14 bits per heavy atom. The SMILES string of the molecule is CC(NC(=O)c1ccncc1)c1nc2ccccc2n1Cc1c(F)cccc1Cl. The molecule has 1 atom stereocenters. The van der Waals surface area contributed by atoms with Gasteiger partial charge in [0.25, 0.3) is 5.91 Å². The molecule has 0 aliphatic carbocycles. The number of benzene rings is 2. The standard InChI is InChI=1S/C22H18ClFN4O/c1-14(26-22(29)15-9-11-25-12-10-15)21-27-19-7-2-3-8-20(19)28(21)13-16-17(23)5-4-6-18(16)24/h2-12,14H,13H2,1H3,(H,26,29). The van der Waals surface area contributed by atoms with Gasteiger partial charge < -0.3 is 9.88 Å². The van der Waals surface area contributed by atoms with Crippen LogP contribution in [-0.4, -0.2) is 20.4 Å². The van der Waals surface area contributed by atoms with E-state index in [1.54, 1.807) is 36.7 Å². The van der Waals surface area contributed by atoms with E-state index in [0.29, 0.717) is 22.0 Å². The minimum atomic E-state index is -0.409. The second-order valence-corrected chi connectivity index (χ2v) is 7.08. The van der Waals surface area contributed by atoms with Crippen molar-refractivity contribution in [3.05, 3.63) is 94.8 Å². The van der Waals surface area contributed by atoms with E-state index in [4.69, 9.17) is 11.6 Å². The largest absolute Gasteiger partial charge is 0.342 e. The summed E-state index contributed by atoms with van der Waals surface area (Å²) in [5.41, 5.74) is 2.49. The molecule has 4 rings (SSSR count). The number of nitrogens with one attached hydrogen (secondary N) is 1. The maximum absolute atomic E-state index is 14.4. The minimum Gasteiger partial charge on any atom is -0.342 e. The average molecular weight is 409 g/mol. The second-order valence-electron chi connectivity index (χ2n) is 6.68. The molecule has 146 valence electrons. The Kier molecular flexibility index (Phi) is 5.27. The van der Waals surface area contributed by atoms with Gasteiger partial charge in [0.2, 0.25) is 0 Å². The average Bonchev–Trinajstić information content (AvgIpc) is 3.10. The molecule has 0 saturated heterocycles. The molecule has 0 fully saturated rings. The van der Waals surface area contributed by atoms with Gasteiger partial charge in [0, 0.05) is 28.5 Å².